The molecule has 1 aromatic heterocycles. The fraction of sp³-hybridized carbons (Fsp3) is 0.429. The number of fused-ring (bicyclic) bond motifs is 2. The summed E-state index contributed by atoms with van der Waals surface area (Å²) in [6.07, 6.45) is 1.42. The van der Waals surface area contributed by atoms with Gasteiger partial charge in [-0.1, -0.05) is 6.07 Å². The van der Waals surface area contributed by atoms with E-state index < -0.39 is 17.7 Å². The van der Waals surface area contributed by atoms with Crippen LogP contribution in [0, 0.1) is 13.8 Å². The van der Waals surface area contributed by atoms with Crippen molar-refractivity contribution in [2.75, 3.05) is 13.2 Å². The Morgan fingerprint density at radius 2 is 2.04 bits per heavy atom. The summed E-state index contributed by atoms with van der Waals surface area (Å²) in [5.41, 5.74) is 2.08. The van der Waals surface area contributed by atoms with Crippen molar-refractivity contribution >= 4 is 23.3 Å². The minimum Gasteiger partial charge on any atom is -0.491 e. The molecule has 7 heteroatoms. The summed E-state index contributed by atoms with van der Waals surface area (Å²) in [5.74, 6) is 0.391. The number of hydrogen-bond acceptors (Lipinski definition) is 5. The highest BCUT2D eigenvalue weighted by Gasteiger charge is 2.54. The number of nitrogens with one attached hydrogen (secondary N) is 1. The number of imide groups is 1. The Kier molecular flexibility index (Phi) is 4.89. The number of urea groups is 1. The standard InChI is InChI=1S/C21H24N2O4S/c1-13-8-14(2)10-16(9-13)27-12-15(24)11-23-19(25)21(22-20(23)26)6-3-4-18-17(21)5-7-28-18/h5,7-10,15,24H,3-4,6,11-12H2,1-2H3,(H,22,26)/t15-,21+/m0/s1. The summed E-state index contributed by atoms with van der Waals surface area (Å²) in [5, 5.41) is 15.3. The van der Waals surface area contributed by atoms with E-state index in [1.165, 1.54) is 0 Å². The maximum absolute atomic E-state index is 13.1. The van der Waals surface area contributed by atoms with Crippen LogP contribution in [-0.2, 0) is 16.8 Å². The molecule has 1 aliphatic carbocycles. The first-order chi connectivity index (χ1) is 13.4. The first-order valence-corrected chi connectivity index (χ1v) is 10.4. The third-order valence-corrected chi connectivity index (χ3v) is 6.35. The molecule has 0 radical (unpaired) electrons. The Morgan fingerprint density at radius 1 is 1.29 bits per heavy atom. The van der Waals surface area contributed by atoms with Crippen LogP contribution in [0.5, 0.6) is 5.75 Å². The van der Waals surface area contributed by atoms with E-state index >= 15 is 0 Å². The first kappa shape index (κ1) is 19.0. The lowest BCUT2D eigenvalue weighted by Gasteiger charge is -2.31. The quantitative estimate of drug-likeness (QED) is 0.757. The number of aryl methyl sites for hydroxylation is 3. The van der Waals surface area contributed by atoms with Crippen molar-refractivity contribution in [2.45, 2.75) is 44.8 Å². The van der Waals surface area contributed by atoms with Gasteiger partial charge >= 0.3 is 6.03 Å². The summed E-state index contributed by atoms with van der Waals surface area (Å²) in [4.78, 5) is 28.0. The number of carbonyl (C=O) groups excluding carboxylic acids is 2. The number of hydrogen-bond donors (Lipinski definition) is 2. The van der Waals surface area contributed by atoms with Gasteiger partial charge in [0.15, 0.2) is 0 Å². The maximum Gasteiger partial charge on any atom is 0.325 e. The average Bonchev–Trinajstić information content (AvgIpc) is 3.20. The second-order valence-corrected chi connectivity index (χ2v) is 8.65. The molecule has 0 saturated carbocycles. The van der Waals surface area contributed by atoms with Gasteiger partial charge in [-0.2, -0.15) is 0 Å². The molecular formula is C21H24N2O4S. The van der Waals surface area contributed by atoms with Crippen molar-refractivity contribution in [1.82, 2.24) is 10.2 Å². The van der Waals surface area contributed by atoms with Crippen molar-refractivity contribution in [3.05, 3.63) is 51.2 Å². The molecule has 3 amide bonds. The molecule has 1 aliphatic heterocycles. The van der Waals surface area contributed by atoms with Crippen LogP contribution in [0.3, 0.4) is 0 Å². The van der Waals surface area contributed by atoms with Gasteiger partial charge in [0.05, 0.1) is 6.54 Å². The largest absolute Gasteiger partial charge is 0.491 e. The van der Waals surface area contributed by atoms with Gasteiger partial charge in [-0.05, 0) is 67.8 Å². The second kappa shape index (κ2) is 7.22. The number of amides is 3. The van der Waals surface area contributed by atoms with E-state index in [9.17, 15) is 14.7 Å². The minimum absolute atomic E-state index is 0.0106. The number of thiophene rings is 1. The average molecular weight is 401 g/mol. The molecule has 1 spiro atoms. The smallest absolute Gasteiger partial charge is 0.325 e. The predicted octanol–water partition coefficient (Wildman–Crippen LogP) is 2.89. The molecule has 2 aliphatic rings. The number of rotatable bonds is 5. The van der Waals surface area contributed by atoms with Crippen molar-refractivity contribution in [3.63, 3.8) is 0 Å². The van der Waals surface area contributed by atoms with Crippen LogP contribution in [0.4, 0.5) is 4.79 Å². The monoisotopic (exact) mass is 400 g/mol. The molecule has 0 bridgehead atoms. The number of nitrogens with zero attached hydrogens (tertiary/aromatic N) is 1. The van der Waals surface area contributed by atoms with Crippen LogP contribution < -0.4 is 10.1 Å². The Morgan fingerprint density at radius 3 is 2.79 bits per heavy atom. The van der Waals surface area contributed by atoms with Crippen LogP contribution in [0.1, 0.15) is 34.4 Å². The van der Waals surface area contributed by atoms with Gasteiger partial charge in [0.25, 0.3) is 5.91 Å². The number of carbonyl (C=O) groups is 2. The number of β-amino-alcohol motifs (C(OH)–C–C–N with tert-alkyl or cyclic N) is 1. The second-order valence-electron chi connectivity index (χ2n) is 7.65. The molecule has 2 heterocycles. The number of ether oxygens (including phenoxy) is 1. The third-order valence-electron chi connectivity index (χ3n) is 5.37. The van der Waals surface area contributed by atoms with E-state index in [-0.39, 0.29) is 19.1 Å². The third kappa shape index (κ3) is 3.29. The molecule has 1 fully saturated rings. The van der Waals surface area contributed by atoms with Crippen LogP contribution >= 0.6 is 11.3 Å². The topological polar surface area (TPSA) is 78.9 Å². The van der Waals surface area contributed by atoms with E-state index in [1.807, 2.05) is 43.5 Å². The van der Waals surface area contributed by atoms with Crippen molar-refractivity contribution in [2.24, 2.45) is 0 Å². The summed E-state index contributed by atoms with van der Waals surface area (Å²) in [7, 11) is 0. The number of aliphatic hydroxyl groups excluding tert-OH is 1. The Bertz CT molecular complexity index is 905. The number of aliphatic hydroxyl groups is 1. The normalized spacial score (nSPS) is 22.3. The molecule has 1 saturated heterocycles. The molecule has 2 aromatic rings. The van der Waals surface area contributed by atoms with E-state index in [0.29, 0.717) is 12.2 Å². The van der Waals surface area contributed by atoms with Crippen LogP contribution in [-0.4, -0.2) is 41.2 Å². The highest BCUT2D eigenvalue weighted by atomic mass is 32.1. The molecular weight excluding hydrogens is 376 g/mol. The van der Waals surface area contributed by atoms with Crippen LogP contribution in [0.2, 0.25) is 0 Å². The lowest BCUT2D eigenvalue weighted by atomic mass is 9.80. The molecule has 2 N–H and O–H groups in total. The van der Waals surface area contributed by atoms with Crippen molar-refractivity contribution < 1.29 is 19.4 Å². The van der Waals surface area contributed by atoms with Gasteiger partial charge in [-0.25, -0.2) is 4.79 Å². The molecule has 6 nitrogen and oxygen atoms in total. The first-order valence-electron chi connectivity index (χ1n) is 9.49. The zero-order valence-electron chi connectivity index (χ0n) is 16.0. The van der Waals surface area contributed by atoms with E-state index in [2.05, 4.69) is 5.32 Å². The lowest BCUT2D eigenvalue weighted by Crippen LogP contribution is -2.46. The molecule has 4 rings (SSSR count). The Hall–Kier alpha value is -2.38. The van der Waals surface area contributed by atoms with Crippen molar-refractivity contribution in [3.8, 4) is 5.75 Å². The van der Waals surface area contributed by atoms with Crippen LogP contribution in [0.15, 0.2) is 29.6 Å². The van der Waals surface area contributed by atoms with Crippen LogP contribution in [0.25, 0.3) is 0 Å². The molecule has 1 aromatic carbocycles. The predicted molar refractivity (Wildman–Crippen MR) is 107 cm³/mol. The number of benzene rings is 1. The van der Waals surface area contributed by atoms with Crippen molar-refractivity contribution in [1.29, 1.82) is 0 Å². The van der Waals surface area contributed by atoms with E-state index in [4.69, 9.17) is 4.74 Å². The Labute approximate surface area is 168 Å². The summed E-state index contributed by atoms with van der Waals surface area (Å²) < 4.78 is 5.67. The van der Waals surface area contributed by atoms with E-state index in [1.54, 1.807) is 11.3 Å². The maximum atomic E-state index is 13.1. The fourth-order valence-electron chi connectivity index (χ4n) is 4.18. The molecule has 28 heavy (non-hydrogen) atoms. The lowest BCUT2D eigenvalue weighted by molar-refractivity contribution is -0.133. The van der Waals surface area contributed by atoms with Gasteiger partial charge in [0.2, 0.25) is 0 Å². The Balaban J connectivity index is 1.44. The molecule has 148 valence electrons. The van der Waals surface area contributed by atoms with Gasteiger partial charge in [0.1, 0.15) is 24.0 Å². The summed E-state index contributed by atoms with van der Waals surface area (Å²) in [6.45, 7) is 3.88. The SMILES string of the molecule is Cc1cc(C)cc(OC[C@@H](O)CN2C(=O)N[C@@]3(CCCc4sccc43)C2=O)c1. The summed E-state index contributed by atoms with van der Waals surface area (Å²) >= 11 is 1.62. The molecule has 0 unspecified atom stereocenters. The van der Waals surface area contributed by atoms with Gasteiger partial charge in [0, 0.05) is 10.4 Å². The van der Waals surface area contributed by atoms with Gasteiger partial charge < -0.3 is 15.2 Å². The fourth-order valence-corrected chi connectivity index (χ4v) is 5.18. The van der Waals surface area contributed by atoms with Gasteiger partial charge in [-0.15, -0.1) is 11.3 Å². The van der Waals surface area contributed by atoms with Gasteiger partial charge in [-0.3, -0.25) is 9.69 Å². The zero-order chi connectivity index (χ0) is 19.9. The van der Waals surface area contributed by atoms with E-state index in [0.717, 1.165) is 39.3 Å². The summed E-state index contributed by atoms with van der Waals surface area (Å²) in [6, 6.07) is 7.30. The zero-order valence-corrected chi connectivity index (χ0v) is 16.8. The molecule has 2 atom stereocenters. The minimum atomic E-state index is -0.973. The highest BCUT2D eigenvalue weighted by Crippen LogP contribution is 2.42. The highest BCUT2D eigenvalue weighted by molar-refractivity contribution is 7.10.